The number of hydrogen-bond donors (Lipinski definition) is 1. The molecule has 158 valence electrons. The summed E-state index contributed by atoms with van der Waals surface area (Å²) >= 11 is 0. The Morgan fingerprint density at radius 2 is 1.72 bits per heavy atom. The number of methoxy groups -OCH3 is 1. The molecule has 2 aromatic rings. The molecule has 0 aliphatic rings. The van der Waals surface area contributed by atoms with Gasteiger partial charge in [-0.2, -0.15) is 0 Å². The number of carbonyl (C=O) groups is 1. The van der Waals surface area contributed by atoms with E-state index >= 15 is 0 Å². The van der Waals surface area contributed by atoms with Gasteiger partial charge in [-0.25, -0.2) is 8.42 Å². The summed E-state index contributed by atoms with van der Waals surface area (Å²) in [7, 11) is -1.91. The van der Waals surface area contributed by atoms with Crippen LogP contribution in [0.25, 0.3) is 0 Å². The van der Waals surface area contributed by atoms with Crippen molar-refractivity contribution in [2.45, 2.75) is 25.8 Å². The zero-order chi connectivity index (χ0) is 21.3. The highest BCUT2D eigenvalue weighted by Crippen LogP contribution is 2.22. The van der Waals surface area contributed by atoms with E-state index in [4.69, 9.17) is 9.47 Å². The first-order valence-corrected chi connectivity index (χ1v) is 11.2. The number of sulfonamides is 1. The maximum atomic E-state index is 12.2. The number of para-hydroxylation sites is 1. The molecule has 1 atom stereocenters. The number of amides is 1. The van der Waals surface area contributed by atoms with Gasteiger partial charge in [0.25, 0.3) is 0 Å². The van der Waals surface area contributed by atoms with Gasteiger partial charge in [0.05, 0.1) is 25.1 Å². The third-order valence-electron chi connectivity index (χ3n) is 4.18. The third-order valence-corrected chi connectivity index (χ3v) is 5.37. The van der Waals surface area contributed by atoms with Crippen LogP contribution < -0.4 is 19.1 Å². The Labute approximate surface area is 172 Å². The molecule has 29 heavy (non-hydrogen) atoms. The van der Waals surface area contributed by atoms with Crippen LogP contribution in [0.15, 0.2) is 54.6 Å². The largest absolute Gasteiger partial charge is 0.497 e. The molecule has 0 bridgehead atoms. The third kappa shape index (κ3) is 7.65. The maximum absolute atomic E-state index is 12.2. The van der Waals surface area contributed by atoms with Crippen molar-refractivity contribution in [2.75, 3.05) is 30.8 Å². The van der Waals surface area contributed by atoms with Crippen molar-refractivity contribution in [1.29, 1.82) is 0 Å². The summed E-state index contributed by atoms with van der Waals surface area (Å²) in [5, 5.41) is 2.87. The highest BCUT2D eigenvalue weighted by atomic mass is 32.2. The predicted molar refractivity (Wildman–Crippen MR) is 114 cm³/mol. The van der Waals surface area contributed by atoms with Crippen LogP contribution in [0.4, 0.5) is 5.69 Å². The molecule has 0 radical (unpaired) electrons. The van der Waals surface area contributed by atoms with Gasteiger partial charge in [0.1, 0.15) is 18.1 Å². The summed E-state index contributed by atoms with van der Waals surface area (Å²) in [6.45, 7) is 2.44. The van der Waals surface area contributed by atoms with Crippen molar-refractivity contribution in [3.05, 3.63) is 54.6 Å². The Morgan fingerprint density at radius 3 is 2.31 bits per heavy atom. The molecule has 0 aromatic heterocycles. The molecule has 8 heteroatoms. The fourth-order valence-electron chi connectivity index (χ4n) is 2.74. The molecule has 0 saturated carbocycles. The van der Waals surface area contributed by atoms with E-state index in [1.54, 1.807) is 31.4 Å². The molecular formula is C21H28N2O5S. The predicted octanol–water partition coefficient (Wildman–Crippen LogP) is 2.83. The minimum absolute atomic E-state index is 0.141. The lowest BCUT2D eigenvalue weighted by Crippen LogP contribution is -2.37. The summed E-state index contributed by atoms with van der Waals surface area (Å²) in [6, 6.07) is 16.0. The number of ether oxygens (including phenoxy) is 2. The van der Waals surface area contributed by atoms with Crippen molar-refractivity contribution >= 4 is 21.6 Å². The first kappa shape index (κ1) is 22.5. The second-order valence-corrected chi connectivity index (χ2v) is 8.64. The minimum atomic E-state index is -3.46. The molecule has 0 spiro atoms. The fraction of sp³-hybridized carbons (Fsp3) is 0.381. The van der Waals surface area contributed by atoms with Crippen molar-refractivity contribution in [1.82, 2.24) is 5.32 Å². The van der Waals surface area contributed by atoms with Gasteiger partial charge in [-0.1, -0.05) is 18.2 Å². The van der Waals surface area contributed by atoms with Gasteiger partial charge >= 0.3 is 0 Å². The first-order chi connectivity index (χ1) is 13.8. The SMILES string of the molecule is COc1ccc(N(CCCC(=O)N[C@@H](C)COc2ccccc2)S(C)(=O)=O)cc1. The van der Waals surface area contributed by atoms with E-state index in [0.717, 1.165) is 12.0 Å². The Hall–Kier alpha value is -2.74. The zero-order valence-corrected chi connectivity index (χ0v) is 17.8. The molecule has 0 aliphatic carbocycles. The van der Waals surface area contributed by atoms with Crippen LogP contribution in [-0.2, 0) is 14.8 Å². The topological polar surface area (TPSA) is 84.9 Å². The van der Waals surface area contributed by atoms with E-state index in [2.05, 4.69) is 5.32 Å². The van der Waals surface area contributed by atoms with Gasteiger partial charge in [-0.05, 0) is 49.7 Å². The van der Waals surface area contributed by atoms with Crippen LogP contribution in [0, 0.1) is 0 Å². The normalized spacial score (nSPS) is 12.1. The molecule has 1 amide bonds. The summed E-state index contributed by atoms with van der Waals surface area (Å²) in [5.74, 6) is 1.25. The van der Waals surface area contributed by atoms with Crippen LogP contribution in [0.2, 0.25) is 0 Å². The number of hydrogen-bond acceptors (Lipinski definition) is 5. The van der Waals surface area contributed by atoms with Crippen molar-refractivity contribution < 1.29 is 22.7 Å². The molecule has 0 aliphatic heterocycles. The van der Waals surface area contributed by atoms with E-state index in [-0.39, 0.29) is 24.9 Å². The van der Waals surface area contributed by atoms with Crippen LogP contribution in [0.1, 0.15) is 19.8 Å². The Bertz CT molecular complexity index is 870. The molecule has 7 nitrogen and oxygen atoms in total. The summed E-state index contributed by atoms with van der Waals surface area (Å²) in [4.78, 5) is 12.2. The second-order valence-electron chi connectivity index (χ2n) is 6.73. The molecule has 0 heterocycles. The van der Waals surface area contributed by atoms with Gasteiger partial charge in [0.2, 0.25) is 15.9 Å². The van der Waals surface area contributed by atoms with Crippen LogP contribution in [0.5, 0.6) is 11.5 Å². The molecule has 0 unspecified atom stereocenters. The Balaban J connectivity index is 1.81. The Kier molecular flexibility index (Phi) is 8.33. The summed E-state index contributed by atoms with van der Waals surface area (Å²) in [6.07, 6.45) is 1.77. The number of nitrogens with zero attached hydrogens (tertiary/aromatic N) is 1. The molecule has 1 N–H and O–H groups in total. The molecule has 2 aromatic carbocycles. The zero-order valence-electron chi connectivity index (χ0n) is 17.0. The van der Waals surface area contributed by atoms with Gasteiger partial charge in [0.15, 0.2) is 0 Å². The van der Waals surface area contributed by atoms with E-state index < -0.39 is 10.0 Å². The molecule has 2 rings (SSSR count). The van der Waals surface area contributed by atoms with Gasteiger partial charge in [-0.15, -0.1) is 0 Å². The lowest BCUT2D eigenvalue weighted by Gasteiger charge is -2.22. The highest BCUT2D eigenvalue weighted by molar-refractivity contribution is 7.92. The Morgan fingerprint density at radius 1 is 1.07 bits per heavy atom. The second kappa shape index (κ2) is 10.7. The van der Waals surface area contributed by atoms with Gasteiger partial charge in [0, 0.05) is 13.0 Å². The van der Waals surface area contributed by atoms with E-state index in [9.17, 15) is 13.2 Å². The lowest BCUT2D eigenvalue weighted by molar-refractivity contribution is -0.121. The van der Waals surface area contributed by atoms with Crippen LogP contribution in [0.3, 0.4) is 0 Å². The van der Waals surface area contributed by atoms with Gasteiger partial charge in [-0.3, -0.25) is 9.10 Å². The number of anilines is 1. The monoisotopic (exact) mass is 420 g/mol. The number of rotatable bonds is 11. The molecule has 0 fully saturated rings. The fourth-order valence-corrected chi connectivity index (χ4v) is 3.71. The van der Waals surface area contributed by atoms with Crippen LogP contribution >= 0.6 is 0 Å². The summed E-state index contributed by atoms with van der Waals surface area (Å²) < 4.78 is 36.3. The highest BCUT2D eigenvalue weighted by Gasteiger charge is 2.18. The van der Waals surface area contributed by atoms with Gasteiger partial charge < -0.3 is 14.8 Å². The van der Waals surface area contributed by atoms with E-state index in [1.807, 2.05) is 37.3 Å². The van der Waals surface area contributed by atoms with E-state index in [1.165, 1.54) is 4.31 Å². The van der Waals surface area contributed by atoms with Crippen molar-refractivity contribution in [2.24, 2.45) is 0 Å². The van der Waals surface area contributed by atoms with Crippen LogP contribution in [-0.4, -0.2) is 46.9 Å². The minimum Gasteiger partial charge on any atom is -0.497 e. The number of carbonyl (C=O) groups excluding carboxylic acids is 1. The quantitative estimate of drug-likeness (QED) is 0.604. The average molecular weight is 421 g/mol. The number of nitrogens with one attached hydrogen (secondary N) is 1. The first-order valence-electron chi connectivity index (χ1n) is 9.38. The van der Waals surface area contributed by atoms with Crippen molar-refractivity contribution in [3.8, 4) is 11.5 Å². The average Bonchev–Trinajstić information content (AvgIpc) is 2.70. The maximum Gasteiger partial charge on any atom is 0.232 e. The lowest BCUT2D eigenvalue weighted by atomic mass is 10.2. The molecule has 0 saturated heterocycles. The standard InChI is InChI=1S/C21H28N2O5S/c1-17(16-28-20-8-5-4-6-9-20)22-21(24)10-7-15-23(29(3,25)26)18-11-13-19(27-2)14-12-18/h4-6,8-9,11-14,17H,7,10,15-16H2,1-3H3,(H,22,24)/t17-/m0/s1. The van der Waals surface area contributed by atoms with Crippen molar-refractivity contribution in [3.63, 3.8) is 0 Å². The number of benzene rings is 2. The smallest absolute Gasteiger partial charge is 0.232 e. The van der Waals surface area contributed by atoms with E-state index in [0.29, 0.717) is 24.5 Å². The molecular weight excluding hydrogens is 392 g/mol. The summed E-state index contributed by atoms with van der Waals surface area (Å²) in [5.41, 5.74) is 0.540.